The summed E-state index contributed by atoms with van der Waals surface area (Å²) in [5.74, 6) is 0.640. The molecule has 86 valence electrons. The Morgan fingerprint density at radius 1 is 1.29 bits per heavy atom. The van der Waals surface area contributed by atoms with Crippen LogP contribution in [0.3, 0.4) is 0 Å². The Bertz CT molecular complexity index is 576. The van der Waals surface area contributed by atoms with Crippen molar-refractivity contribution < 1.29 is 0 Å². The molecule has 1 aromatic carbocycles. The molecule has 0 atom stereocenters. The fourth-order valence-corrected chi connectivity index (χ4v) is 3.58. The molecule has 0 amide bonds. The number of rotatable bonds is 2. The zero-order chi connectivity index (χ0) is 11.8. The molecule has 0 radical (unpaired) electrons. The molecule has 0 unspecified atom stereocenters. The van der Waals surface area contributed by atoms with E-state index in [-0.39, 0.29) is 0 Å². The van der Waals surface area contributed by atoms with Crippen molar-refractivity contribution in [2.75, 3.05) is 0 Å². The molecule has 0 saturated carbocycles. The first-order chi connectivity index (χ1) is 8.25. The molecule has 0 saturated heterocycles. The molecule has 4 heteroatoms. The Morgan fingerprint density at radius 2 is 2.12 bits per heavy atom. The molecule has 1 aromatic heterocycles. The highest BCUT2D eigenvalue weighted by Crippen LogP contribution is 2.29. The number of fused-ring (bicyclic) bond motifs is 1. The predicted molar refractivity (Wildman–Crippen MR) is 74.5 cm³/mol. The molecule has 0 bridgehead atoms. The molecule has 1 N–H and O–H groups in total. The third-order valence-electron chi connectivity index (χ3n) is 2.98. The summed E-state index contributed by atoms with van der Waals surface area (Å²) in [6.07, 6.45) is 0. The van der Waals surface area contributed by atoms with E-state index >= 15 is 0 Å². The molecular weight excluding hydrogens is 296 g/mol. The second-order valence-corrected chi connectivity index (χ2v) is 5.91. The van der Waals surface area contributed by atoms with Crippen LogP contribution < -0.4 is 0 Å². The highest BCUT2D eigenvalue weighted by molar-refractivity contribution is 9.10. The quantitative estimate of drug-likeness (QED) is 0.896. The molecule has 3 rings (SSSR count). The minimum Gasteiger partial charge on any atom is -0.347 e. The molecule has 2 nitrogen and oxygen atoms in total. The zero-order valence-corrected chi connectivity index (χ0v) is 11.5. The molecule has 0 spiro atoms. The van der Waals surface area contributed by atoms with Gasteiger partial charge in [0.05, 0.1) is 6.54 Å². The lowest BCUT2D eigenvalue weighted by Crippen LogP contribution is -2.22. The summed E-state index contributed by atoms with van der Waals surface area (Å²) < 4.78 is 1.14. The number of hydrogen-bond acceptors (Lipinski definition) is 2. The Balaban J connectivity index is 1.85. The Morgan fingerprint density at radius 3 is 2.82 bits per heavy atom. The van der Waals surface area contributed by atoms with Crippen molar-refractivity contribution in [1.29, 1.82) is 5.41 Å². The van der Waals surface area contributed by atoms with Gasteiger partial charge in [0.1, 0.15) is 5.84 Å². The van der Waals surface area contributed by atoms with Crippen LogP contribution in [-0.2, 0) is 13.1 Å². The molecule has 2 heterocycles. The van der Waals surface area contributed by atoms with Gasteiger partial charge >= 0.3 is 0 Å². The summed E-state index contributed by atoms with van der Waals surface area (Å²) in [6.45, 7) is 1.66. The monoisotopic (exact) mass is 306 g/mol. The molecule has 17 heavy (non-hydrogen) atoms. The number of amidine groups is 1. The summed E-state index contributed by atoms with van der Waals surface area (Å²) in [4.78, 5) is 3.39. The standard InChI is InChI=1S/C13H11BrN2S/c14-11-5-6-17-12(11)8-16-7-9-3-1-2-4-10(9)13(16)15/h1-6,15H,7-8H2. The molecule has 1 aliphatic rings. The Labute approximate surface area is 113 Å². The van der Waals surface area contributed by atoms with E-state index in [1.54, 1.807) is 11.3 Å². The van der Waals surface area contributed by atoms with Crippen LogP contribution in [0.15, 0.2) is 40.2 Å². The van der Waals surface area contributed by atoms with E-state index in [0.29, 0.717) is 5.84 Å². The maximum absolute atomic E-state index is 8.18. The van der Waals surface area contributed by atoms with Crippen LogP contribution in [0, 0.1) is 5.41 Å². The van der Waals surface area contributed by atoms with E-state index < -0.39 is 0 Å². The van der Waals surface area contributed by atoms with Gasteiger partial charge in [-0.05, 0) is 32.9 Å². The summed E-state index contributed by atoms with van der Waals surface area (Å²) in [5, 5.41) is 10.3. The van der Waals surface area contributed by atoms with E-state index in [1.807, 2.05) is 18.2 Å². The van der Waals surface area contributed by atoms with Crippen molar-refractivity contribution >= 4 is 33.1 Å². The van der Waals surface area contributed by atoms with Crippen LogP contribution in [0.1, 0.15) is 16.0 Å². The third-order valence-corrected chi connectivity index (χ3v) is 4.89. The summed E-state index contributed by atoms with van der Waals surface area (Å²) >= 11 is 5.27. The van der Waals surface area contributed by atoms with Gasteiger partial charge in [-0.2, -0.15) is 0 Å². The lowest BCUT2D eigenvalue weighted by atomic mass is 10.1. The van der Waals surface area contributed by atoms with Crippen molar-refractivity contribution in [3.63, 3.8) is 0 Å². The van der Waals surface area contributed by atoms with Gasteiger partial charge in [0.25, 0.3) is 0 Å². The minimum absolute atomic E-state index is 0.640. The van der Waals surface area contributed by atoms with Gasteiger partial charge in [-0.15, -0.1) is 11.3 Å². The number of nitrogens with one attached hydrogen (secondary N) is 1. The van der Waals surface area contributed by atoms with E-state index in [4.69, 9.17) is 5.41 Å². The van der Waals surface area contributed by atoms with Crippen LogP contribution in [0.2, 0.25) is 0 Å². The van der Waals surface area contributed by atoms with Crippen LogP contribution in [0.25, 0.3) is 0 Å². The molecular formula is C13H11BrN2S. The lowest BCUT2D eigenvalue weighted by molar-refractivity contribution is 0.425. The Kier molecular flexibility index (Phi) is 2.76. The third kappa shape index (κ3) is 1.91. The van der Waals surface area contributed by atoms with Crippen LogP contribution in [-0.4, -0.2) is 10.7 Å². The van der Waals surface area contributed by atoms with Crippen molar-refractivity contribution in [3.05, 3.63) is 56.2 Å². The van der Waals surface area contributed by atoms with E-state index in [1.165, 1.54) is 10.4 Å². The molecule has 0 fully saturated rings. The van der Waals surface area contributed by atoms with Gasteiger partial charge < -0.3 is 4.90 Å². The first-order valence-electron chi connectivity index (χ1n) is 5.39. The van der Waals surface area contributed by atoms with E-state index in [9.17, 15) is 0 Å². The molecule has 2 aromatic rings. The number of halogens is 1. The summed E-state index contributed by atoms with van der Waals surface area (Å²) in [7, 11) is 0. The number of benzene rings is 1. The van der Waals surface area contributed by atoms with Crippen molar-refractivity contribution in [3.8, 4) is 0 Å². The van der Waals surface area contributed by atoms with Crippen molar-refractivity contribution in [2.24, 2.45) is 0 Å². The van der Waals surface area contributed by atoms with Gasteiger partial charge in [0, 0.05) is 21.5 Å². The lowest BCUT2D eigenvalue weighted by Gasteiger charge is -2.17. The van der Waals surface area contributed by atoms with Gasteiger partial charge in [0.2, 0.25) is 0 Å². The SMILES string of the molecule is N=C1c2ccccc2CN1Cc1sccc1Br. The highest BCUT2D eigenvalue weighted by Gasteiger charge is 2.24. The largest absolute Gasteiger partial charge is 0.347 e. The number of hydrogen-bond donors (Lipinski definition) is 1. The topological polar surface area (TPSA) is 27.1 Å². The second kappa shape index (κ2) is 4.27. The average molecular weight is 307 g/mol. The van der Waals surface area contributed by atoms with Crippen LogP contribution in [0.4, 0.5) is 0 Å². The summed E-state index contributed by atoms with van der Waals surface area (Å²) in [5.41, 5.74) is 2.32. The Hall–Kier alpha value is -1.13. The fourth-order valence-electron chi connectivity index (χ4n) is 2.09. The maximum Gasteiger partial charge on any atom is 0.129 e. The first kappa shape index (κ1) is 11.0. The zero-order valence-electron chi connectivity index (χ0n) is 9.11. The van der Waals surface area contributed by atoms with Crippen molar-refractivity contribution in [2.45, 2.75) is 13.1 Å². The molecule has 0 aliphatic carbocycles. The fraction of sp³-hybridized carbons (Fsp3) is 0.154. The maximum atomic E-state index is 8.18. The number of thiophene rings is 1. The second-order valence-electron chi connectivity index (χ2n) is 4.05. The number of nitrogens with zero attached hydrogens (tertiary/aromatic N) is 1. The van der Waals surface area contributed by atoms with Gasteiger partial charge in [-0.1, -0.05) is 24.3 Å². The average Bonchev–Trinajstić information content (AvgIpc) is 2.87. The van der Waals surface area contributed by atoms with Crippen molar-refractivity contribution in [1.82, 2.24) is 4.90 Å². The summed E-state index contributed by atoms with van der Waals surface area (Å²) in [6, 6.07) is 10.2. The van der Waals surface area contributed by atoms with Crippen LogP contribution >= 0.6 is 27.3 Å². The normalized spacial score (nSPS) is 14.2. The first-order valence-corrected chi connectivity index (χ1v) is 7.06. The highest BCUT2D eigenvalue weighted by atomic mass is 79.9. The molecule has 1 aliphatic heterocycles. The van der Waals surface area contributed by atoms with Gasteiger partial charge in [0.15, 0.2) is 0 Å². The van der Waals surface area contributed by atoms with E-state index in [0.717, 1.165) is 23.1 Å². The predicted octanol–water partition coefficient (Wildman–Crippen LogP) is 3.85. The van der Waals surface area contributed by atoms with Crippen LogP contribution in [0.5, 0.6) is 0 Å². The van der Waals surface area contributed by atoms with Gasteiger partial charge in [-0.3, -0.25) is 5.41 Å². The smallest absolute Gasteiger partial charge is 0.129 e. The van der Waals surface area contributed by atoms with E-state index in [2.05, 4.69) is 38.3 Å². The van der Waals surface area contributed by atoms with Gasteiger partial charge in [-0.25, -0.2) is 0 Å². The minimum atomic E-state index is 0.640.